The minimum atomic E-state index is -0.407. The van der Waals surface area contributed by atoms with Gasteiger partial charge in [-0.25, -0.2) is 0 Å². The van der Waals surface area contributed by atoms with Gasteiger partial charge in [0.15, 0.2) is 5.76 Å². The lowest BCUT2D eigenvalue weighted by Crippen LogP contribution is -2.52. The van der Waals surface area contributed by atoms with Gasteiger partial charge in [0.05, 0.1) is 6.26 Å². The van der Waals surface area contributed by atoms with E-state index in [1.807, 2.05) is 42.2 Å². The van der Waals surface area contributed by atoms with Crippen molar-refractivity contribution in [2.24, 2.45) is 0 Å². The standard InChI is InChI=1S/C20H24N2O3/c1-2-21(15-16-9-4-3-5-10-16)19(23)17-11-6-7-13-22(17)20(24)18-12-8-14-25-18/h3-5,8-10,12,14,17H,2,6-7,11,13,15H2,1H3. The van der Waals surface area contributed by atoms with Gasteiger partial charge in [-0.05, 0) is 43.9 Å². The van der Waals surface area contributed by atoms with Crippen molar-refractivity contribution >= 4 is 11.8 Å². The zero-order chi connectivity index (χ0) is 17.6. The number of piperidine rings is 1. The monoisotopic (exact) mass is 340 g/mol. The van der Waals surface area contributed by atoms with Gasteiger partial charge >= 0.3 is 0 Å². The summed E-state index contributed by atoms with van der Waals surface area (Å²) in [5.74, 6) is 0.121. The molecule has 1 aromatic heterocycles. The lowest BCUT2D eigenvalue weighted by molar-refractivity contribution is -0.137. The fourth-order valence-corrected chi connectivity index (χ4v) is 3.33. The van der Waals surface area contributed by atoms with Crippen LogP contribution in [0.2, 0.25) is 0 Å². The molecular formula is C20H24N2O3. The molecule has 132 valence electrons. The Morgan fingerprint density at radius 2 is 1.96 bits per heavy atom. The summed E-state index contributed by atoms with van der Waals surface area (Å²) in [5, 5.41) is 0. The molecule has 0 radical (unpaired) electrons. The van der Waals surface area contributed by atoms with E-state index in [4.69, 9.17) is 4.42 Å². The van der Waals surface area contributed by atoms with E-state index < -0.39 is 6.04 Å². The second-order valence-electron chi connectivity index (χ2n) is 6.33. The number of carbonyl (C=O) groups is 2. The molecule has 5 nitrogen and oxygen atoms in total. The Bertz CT molecular complexity index is 697. The third-order valence-electron chi connectivity index (χ3n) is 4.69. The highest BCUT2D eigenvalue weighted by Crippen LogP contribution is 2.22. The zero-order valence-corrected chi connectivity index (χ0v) is 14.6. The Kier molecular flexibility index (Phi) is 5.53. The van der Waals surface area contributed by atoms with Crippen LogP contribution in [0.15, 0.2) is 53.1 Å². The van der Waals surface area contributed by atoms with E-state index in [0.29, 0.717) is 31.8 Å². The molecule has 0 saturated carbocycles. The first-order chi connectivity index (χ1) is 12.2. The first-order valence-corrected chi connectivity index (χ1v) is 8.88. The lowest BCUT2D eigenvalue weighted by atomic mass is 10.00. The number of carbonyl (C=O) groups excluding carboxylic acids is 2. The number of furan rings is 1. The van der Waals surface area contributed by atoms with Crippen molar-refractivity contribution in [2.45, 2.75) is 38.8 Å². The van der Waals surface area contributed by atoms with E-state index in [1.54, 1.807) is 17.0 Å². The molecule has 1 saturated heterocycles. The molecule has 0 bridgehead atoms. The maximum absolute atomic E-state index is 13.1. The van der Waals surface area contributed by atoms with Gasteiger partial charge in [0, 0.05) is 19.6 Å². The van der Waals surface area contributed by atoms with Crippen LogP contribution in [0.4, 0.5) is 0 Å². The molecule has 1 atom stereocenters. The number of hydrogen-bond acceptors (Lipinski definition) is 3. The summed E-state index contributed by atoms with van der Waals surface area (Å²) in [4.78, 5) is 29.3. The molecule has 1 aromatic carbocycles. The van der Waals surface area contributed by atoms with Crippen molar-refractivity contribution in [1.29, 1.82) is 0 Å². The van der Waals surface area contributed by atoms with E-state index in [0.717, 1.165) is 18.4 Å². The molecule has 1 aliphatic rings. The van der Waals surface area contributed by atoms with Crippen LogP contribution in [0.3, 0.4) is 0 Å². The number of rotatable bonds is 5. The first kappa shape index (κ1) is 17.3. The predicted molar refractivity (Wildman–Crippen MR) is 94.9 cm³/mol. The first-order valence-electron chi connectivity index (χ1n) is 8.88. The topological polar surface area (TPSA) is 53.8 Å². The van der Waals surface area contributed by atoms with Gasteiger partial charge in [0.1, 0.15) is 6.04 Å². The Morgan fingerprint density at radius 1 is 1.16 bits per heavy atom. The van der Waals surface area contributed by atoms with Crippen LogP contribution in [0, 0.1) is 0 Å². The van der Waals surface area contributed by atoms with Crippen LogP contribution < -0.4 is 0 Å². The van der Waals surface area contributed by atoms with E-state index >= 15 is 0 Å². The number of hydrogen-bond donors (Lipinski definition) is 0. The zero-order valence-electron chi connectivity index (χ0n) is 14.6. The van der Waals surface area contributed by atoms with Gasteiger partial charge in [0.25, 0.3) is 5.91 Å². The Balaban J connectivity index is 1.76. The molecule has 25 heavy (non-hydrogen) atoms. The SMILES string of the molecule is CCN(Cc1ccccc1)C(=O)C1CCCCN1C(=O)c1ccco1. The minimum Gasteiger partial charge on any atom is -0.459 e. The van der Waals surface area contributed by atoms with Crippen molar-refractivity contribution in [3.63, 3.8) is 0 Å². The fourth-order valence-electron chi connectivity index (χ4n) is 3.33. The van der Waals surface area contributed by atoms with Crippen LogP contribution >= 0.6 is 0 Å². The maximum Gasteiger partial charge on any atom is 0.290 e. The highest BCUT2D eigenvalue weighted by Gasteiger charge is 2.35. The molecule has 2 amide bonds. The molecule has 0 spiro atoms. The molecule has 5 heteroatoms. The summed E-state index contributed by atoms with van der Waals surface area (Å²) in [5.41, 5.74) is 1.09. The molecule has 1 fully saturated rings. The smallest absolute Gasteiger partial charge is 0.290 e. The predicted octanol–water partition coefficient (Wildman–Crippen LogP) is 3.32. The number of amides is 2. The molecule has 2 heterocycles. The van der Waals surface area contributed by atoms with Gasteiger partial charge in [-0.15, -0.1) is 0 Å². The van der Waals surface area contributed by atoms with Crippen molar-refractivity contribution in [3.05, 3.63) is 60.1 Å². The summed E-state index contributed by atoms with van der Waals surface area (Å²) in [6.45, 7) is 3.75. The Morgan fingerprint density at radius 3 is 2.64 bits per heavy atom. The third-order valence-corrected chi connectivity index (χ3v) is 4.69. The quantitative estimate of drug-likeness (QED) is 0.839. The van der Waals surface area contributed by atoms with Gasteiger partial charge in [-0.2, -0.15) is 0 Å². The lowest BCUT2D eigenvalue weighted by Gasteiger charge is -2.37. The van der Waals surface area contributed by atoms with E-state index in [9.17, 15) is 9.59 Å². The molecule has 0 N–H and O–H groups in total. The highest BCUT2D eigenvalue weighted by atomic mass is 16.3. The van der Waals surface area contributed by atoms with Crippen LogP contribution in [0.25, 0.3) is 0 Å². The number of nitrogens with zero attached hydrogens (tertiary/aromatic N) is 2. The van der Waals surface area contributed by atoms with Gasteiger partial charge in [-0.3, -0.25) is 9.59 Å². The summed E-state index contributed by atoms with van der Waals surface area (Å²) in [6, 6.07) is 12.9. The van der Waals surface area contributed by atoms with Crippen LogP contribution in [0.1, 0.15) is 42.3 Å². The van der Waals surface area contributed by atoms with E-state index in [-0.39, 0.29) is 11.8 Å². The average Bonchev–Trinajstić information content (AvgIpc) is 3.20. The van der Waals surface area contributed by atoms with Crippen molar-refractivity contribution in [3.8, 4) is 0 Å². The minimum absolute atomic E-state index is 0.0194. The second-order valence-corrected chi connectivity index (χ2v) is 6.33. The number of likely N-dealkylation sites (tertiary alicyclic amines) is 1. The highest BCUT2D eigenvalue weighted by molar-refractivity contribution is 5.95. The Hall–Kier alpha value is -2.56. The summed E-state index contributed by atoms with van der Waals surface area (Å²) < 4.78 is 5.24. The molecule has 2 aromatic rings. The Labute approximate surface area is 148 Å². The largest absolute Gasteiger partial charge is 0.459 e. The van der Waals surface area contributed by atoms with E-state index in [2.05, 4.69) is 0 Å². The van der Waals surface area contributed by atoms with Crippen LogP contribution in [-0.2, 0) is 11.3 Å². The summed E-state index contributed by atoms with van der Waals surface area (Å²) in [7, 11) is 0. The van der Waals surface area contributed by atoms with Gasteiger partial charge in [0.2, 0.25) is 5.91 Å². The molecular weight excluding hydrogens is 316 g/mol. The molecule has 0 aliphatic carbocycles. The molecule has 1 aliphatic heterocycles. The fraction of sp³-hybridized carbons (Fsp3) is 0.400. The molecule has 1 unspecified atom stereocenters. The summed E-state index contributed by atoms with van der Waals surface area (Å²) >= 11 is 0. The van der Waals surface area contributed by atoms with Crippen molar-refractivity contribution < 1.29 is 14.0 Å². The second kappa shape index (κ2) is 8.01. The average molecular weight is 340 g/mol. The van der Waals surface area contributed by atoms with Crippen LogP contribution in [-0.4, -0.2) is 40.7 Å². The normalized spacial score (nSPS) is 17.3. The van der Waals surface area contributed by atoms with Gasteiger partial charge < -0.3 is 14.2 Å². The number of benzene rings is 1. The van der Waals surface area contributed by atoms with Crippen molar-refractivity contribution in [2.75, 3.05) is 13.1 Å². The van der Waals surface area contributed by atoms with Crippen LogP contribution in [0.5, 0.6) is 0 Å². The maximum atomic E-state index is 13.1. The van der Waals surface area contributed by atoms with E-state index in [1.165, 1.54) is 6.26 Å². The van der Waals surface area contributed by atoms with Gasteiger partial charge in [-0.1, -0.05) is 30.3 Å². The molecule has 3 rings (SSSR count). The van der Waals surface area contributed by atoms with Crippen molar-refractivity contribution in [1.82, 2.24) is 9.80 Å². The summed E-state index contributed by atoms with van der Waals surface area (Å²) in [6.07, 6.45) is 4.07. The number of likely N-dealkylation sites (N-methyl/N-ethyl adjacent to an activating group) is 1. The third kappa shape index (κ3) is 3.92.